The van der Waals surface area contributed by atoms with E-state index in [4.69, 9.17) is 10.5 Å². The molecule has 1 fully saturated rings. The van der Waals surface area contributed by atoms with E-state index in [-0.39, 0.29) is 24.8 Å². The summed E-state index contributed by atoms with van der Waals surface area (Å²) in [5.41, 5.74) is 7.61. The molecule has 0 aliphatic carbocycles. The van der Waals surface area contributed by atoms with Crippen molar-refractivity contribution in [2.24, 2.45) is 5.73 Å². The summed E-state index contributed by atoms with van der Waals surface area (Å²) in [7, 11) is 0. The zero-order chi connectivity index (χ0) is 18.5. The van der Waals surface area contributed by atoms with Crippen LogP contribution < -0.4 is 16.0 Å². The molecule has 2 aromatic rings. The summed E-state index contributed by atoms with van der Waals surface area (Å²) in [5, 5.41) is 2.78. The summed E-state index contributed by atoms with van der Waals surface area (Å²) in [6, 6.07) is 13.8. The van der Waals surface area contributed by atoms with Crippen LogP contribution in [0, 0.1) is 0 Å². The zero-order valence-corrected chi connectivity index (χ0v) is 14.1. The maximum absolute atomic E-state index is 12.3. The van der Waals surface area contributed by atoms with Gasteiger partial charge in [0.2, 0.25) is 11.8 Å². The second-order valence-corrected chi connectivity index (χ2v) is 5.89. The van der Waals surface area contributed by atoms with E-state index >= 15 is 0 Å². The van der Waals surface area contributed by atoms with Crippen molar-refractivity contribution in [3.63, 3.8) is 0 Å². The van der Waals surface area contributed by atoms with Crippen LogP contribution in [-0.2, 0) is 20.7 Å². The number of benzene rings is 2. The number of nitrogens with one attached hydrogen (secondary N) is 1. The Balaban J connectivity index is 1.65. The Labute approximate surface area is 150 Å². The maximum Gasteiger partial charge on any atom is 0.253 e. The SMILES string of the molecule is NC(=O)c1ccccc1CC(=O)Nc1ccc(N2CCOCC2=O)cc1. The average Bonchev–Trinajstić information content (AvgIpc) is 2.63. The number of hydrogen-bond donors (Lipinski definition) is 2. The smallest absolute Gasteiger partial charge is 0.253 e. The number of morpholine rings is 1. The van der Waals surface area contributed by atoms with Crippen molar-refractivity contribution in [1.29, 1.82) is 0 Å². The molecule has 7 nitrogen and oxygen atoms in total. The van der Waals surface area contributed by atoms with Crippen molar-refractivity contribution < 1.29 is 19.1 Å². The Morgan fingerprint density at radius 1 is 1.12 bits per heavy atom. The van der Waals surface area contributed by atoms with Crippen LogP contribution in [0.3, 0.4) is 0 Å². The molecule has 0 saturated carbocycles. The molecule has 1 aliphatic heterocycles. The molecule has 1 saturated heterocycles. The summed E-state index contributed by atoms with van der Waals surface area (Å²) in [4.78, 5) is 37.2. The topological polar surface area (TPSA) is 102 Å². The average molecular weight is 353 g/mol. The maximum atomic E-state index is 12.3. The second-order valence-electron chi connectivity index (χ2n) is 5.89. The summed E-state index contributed by atoms with van der Waals surface area (Å²) in [6.07, 6.45) is 0.0445. The van der Waals surface area contributed by atoms with Crippen LogP contribution in [0.2, 0.25) is 0 Å². The van der Waals surface area contributed by atoms with E-state index in [1.807, 2.05) is 0 Å². The highest BCUT2D eigenvalue weighted by molar-refractivity contribution is 5.98. The normalized spacial score (nSPS) is 14.2. The van der Waals surface area contributed by atoms with Crippen LogP contribution in [-0.4, -0.2) is 37.5 Å². The van der Waals surface area contributed by atoms with E-state index in [9.17, 15) is 14.4 Å². The van der Waals surface area contributed by atoms with Crippen molar-refractivity contribution in [2.75, 3.05) is 30.0 Å². The molecule has 1 heterocycles. The molecule has 3 amide bonds. The lowest BCUT2D eigenvalue weighted by Gasteiger charge is -2.26. The number of nitrogens with zero attached hydrogens (tertiary/aromatic N) is 1. The Kier molecular flexibility index (Phi) is 5.28. The van der Waals surface area contributed by atoms with Crippen LogP contribution >= 0.6 is 0 Å². The van der Waals surface area contributed by atoms with Gasteiger partial charge in [-0.1, -0.05) is 18.2 Å². The highest BCUT2D eigenvalue weighted by Gasteiger charge is 2.20. The lowest BCUT2D eigenvalue weighted by molar-refractivity contribution is -0.125. The van der Waals surface area contributed by atoms with E-state index < -0.39 is 5.91 Å². The highest BCUT2D eigenvalue weighted by Crippen LogP contribution is 2.20. The number of rotatable bonds is 5. The van der Waals surface area contributed by atoms with Crippen LogP contribution in [0.25, 0.3) is 0 Å². The number of amides is 3. The highest BCUT2D eigenvalue weighted by atomic mass is 16.5. The summed E-state index contributed by atoms with van der Waals surface area (Å²) >= 11 is 0. The summed E-state index contributed by atoms with van der Waals surface area (Å²) in [5.74, 6) is -0.905. The molecule has 3 rings (SSSR count). The lowest BCUT2D eigenvalue weighted by atomic mass is 10.0. The molecule has 0 spiro atoms. The van der Waals surface area contributed by atoms with Gasteiger partial charge >= 0.3 is 0 Å². The Morgan fingerprint density at radius 3 is 2.54 bits per heavy atom. The first kappa shape index (κ1) is 17.6. The Hall–Kier alpha value is -3.19. The van der Waals surface area contributed by atoms with Gasteiger partial charge in [-0.15, -0.1) is 0 Å². The number of primary amides is 1. The molecular formula is C19H19N3O4. The first-order valence-corrected chi connectivity index (χ1v) is 8.20. The molecule has 2 aromatic carbocycles. The van der Waals surface area contributed by atoms with Gasteiger partial charge in [-0.3, -0.25) is 14.4 Å². The molecule has 134 valence electrons. The second kappa shape index (κ2) is 7.79. The summed E-state index contributed by atoms with van der Waals surface area (Å²) in [6.45, 7) is 1.09. The predicted octanol–water partition coefficient (Wildman–Crippen LogP) is 1.33. The molecule has 0 aromatic heterocycles. The van der Waals surface area contributed by atoms with Crippen molar-refractivity contribution in [2.45, 2.75) is 6.42 Å². The molecule has 7 heteroatoms. The third kappa shape index (κ3) is 4.07. The third-order valence-corrected chi connectivity index (χ3v) is 4.08. The van der Waals surface area contributed by atoms with Crippen molar-refractivity contribution in [1.82, 2.24) is 0 Å². The molecule has 0 bridgehead atoms. The molecule has 0 radical (unpaired) electrons. The predicted molar refractivity (Wildman–Crippen MR) is 96.9 cm³/mol. The third-order valence-electron chi connectivity index (χ3n) is 4.08. The number of carbonyl (C=O) groups is 3. The first-order chi connectivity index (χ1) is 12.5. The van der Waals surface area contributed by atoms with Gasteiger partial charge in [-0.05, 0) is 35.9 Å². The quantitative estimate of drug-likeness (QED) is 0.846. The van der Waals surface area contributed by atoms with Gasteiger partial charge in [0, 0.05) is 23.5 Å². The number of anilines is 2. The number of carbonyl (C=O) groups excluding carboxylic acids is 3. The van der Waals surface area contributed by atoms with Gasteiger partial charge in [0.25, 0.3) is 5.91 Å². The summed E-state index contributed by atoms with van der Waals surface area (Å²) < 4.78 is 5.11. The van der Waals surface area contributed by atoms with Gasteiger partial charge < -0.3 is 20.7 Å². The molecular weight excluding hydrogens is 334 g/mol. The zero-order valence-electron chi connectivity index (χ0n) is 14.1. The first-order valence-electron chi connectivity index (χ1n) is 8.20. The number of hydrogen-bond acceptors (Lipinski definition) is 4. The molecule has 26 heavy (non-hydrogen) atoms. The van der Waals surface area contributed by atoms with Crippen LogP contribution in [0.4, 0.5) is 11.4 Å². The molecule has 3 N–H and O–H groups in total. The Morgan fingerprint density at radius 2 is 1.85 bits per heavy atom. The van der Waals surface area contributed by atoms with Gasteiger partial charge in [0.1, 0.15) is 6.61 Å². The van der Waals surface area contributed by atoms with E-state index in [2.05, 4.69) is 5.32 Å². The molecule has 1 aliphatic rings. The minimum Gasteiger partial charge on any atom is -0.370 e. The minimum absolute atomic E-state index is 0.0445. The van der Waals surface area contributed by atoms with Crippen LogP contribution in [0.15, 0.2) is 48.5 Å². The van der Waals surface area contributed by atoms with Crippen molar-refractivity contribution in [3.05, 3.63) is 59.7 Å². The van der Waals surface area contributed by atoms with E-state index in [1.54, 1.807) is 53.4 Å². The monoisotopic (exact) mass is 353 g/mol. The number of nitrogens with two attached hydrogens (primary N) is 1. The minimum atomic E-state index is -0.562. The van der Waals surface area contributed by atoms with Gasteiger partial charge in [-0.25, -0.2) is 0 Å². The standard InChI is InChI=1S/C19H19N3O4/c20-19(25)16-4-2-1-3-13(16)11-17(23)21-14-5-7-15(8-6-14)22-9-10-26-12-18(22)24/h1-8H,9-12H2,(H2,20,25)(H,21,23). The van der Waals surface area contributed by atoms with E-state index in [0.29, 0.717) is 30.0 Å². The lowest BCUT2D eigenvalue weighted by Crippen LogP contribution is -2.41. The fourth-order valence-electron chi connectivity index (χ4n) is 2.81. The van der Waals surface area contributed by atoms with Crippen molar-refractivity contribution >= 4 is 29.1 Å². The fraction of sp³-hybridized carbons (Fsp3) is 0.211. The largest absolute Gasteiger partial charge is 0.370 e. The van der Waals surface area contributed by atoms with Crippen molar-refractivity contribution in [3.8, 4) is 0 Å². The fourth-order valence-corrected chi connectivity index (χ4v) is 2.81. The van der Waals surface area contributed by atoms with E-state index in [0.717, 1.165) is 5.69 Å². The van der Waals surface area contributed by atoms with Crippen LogP contribution in [0.5, 0.6) is 0 Å². The number of ether oxygens (including phenoxy) is 1. The Bertz CT molecular complexity index is 833. The van der Waals surface area contributed by atoms with Gasteiger partial charge in [-0.2, -0.15) is 0 Å². The molecule has 0 unspecified atom stereocenters. The van der Waals surface area contributed by atoms with E-state index in [1.165, 1.54) is 0 Å². The van der Waals surface area contributed by atoms with Crippen LogP contribution in [0.1, 0.15) is 15.9 Å². The van der Waals surface area contributed by atoms with Gasteiger partial charge in [0.05, 0.1) is 13.0 Å². The van der Waals surface area contributed by atoms with Gasteiger partial charge in [0.15, 0.2) is 0 Å². The molecule has 0 atom stereocenters.